The summed E-state index contributed by atoms with van der Waals surface area (Å²) in [5.74, 6) is 0.961. The van der Waals surface area contributed by atoms with E-state index >= 15 is 0 Å². The van der Waals surface area contributed by atoms with Crippen molar-refractivity contribution >= 4 is 0 Å². The molecule has 0 aliphatic rings. The van der Waals surface area contributed by atoms with Gasteiger partial charge in [-0.1, -0.05) is 12.1 Å². The van der Waals surface area contributed by atoms with E-state index in [4.69, 9.17) is 4.74 Å². The molecule has 0 bridgehead atoms. The van der Waals surface area contributed by atoms with Crippen molar-refractivity contribution in [3.05, 3.63) is 29.8 Å². The second-order valence-corrected chi connectivity index (χ2v) is 4.02. The van der Waals surface area contributed by atoms with E-state index in [0.717, 1.165) is 18.7 Å². The number of benzene rings is 1. The first kappa shape index (κ1) is 12.1. The van der Waals surface area contributed by atoms with Crippen molar-refractivity contribution in [2.75, 3.05) is 13.6 Å². The van der Waals surface area contributed by atoms with Gasteiger partial charge in [-0.2, -0.15) is 0 Å². The molecule has 1 rings (SSSR count). The van der Waals surface area contributed by atoms with Crippen molar-refractivity contribution in [1.29, 1.82) is 0 Å². The third-order valence-corrected chi connectivity index (χ3v) is 2.19. The fraction of sp³-hybridized carbons (Fsp3) is 0.538. The molecule has 0 aliphatic carbocycles. The Labute approximate surface area is 92.6 Å². The van der Waals surface area contributed by atoms with E-state index in [1.807, 2.05) is 20.9 Å². The van der Waals surface area contributed by atoms with Crippen LogP contribution in [0.2, 0.25) is 0 Å². The predicted octanol–water partition coefficient (Wildman–Crippen LogP) is 2.63. The lowest BCUT2D eigenvalue weighted by molar-refractivity contribution is 0.242. The van der Waals surface area contributed by atoms with Crippen molar-refractivity contribution in [2.45, 2.75) is 32.8 Å². The summed E-state index contributed by atoms with van der Waals surface area (Å²) < 4.78 is 5.58. The van der Waals surface area contributed by atoms with Crippen LogP contribution in [0.4, 0.5) is 0 Å². The lowest BCUT2D eigenvalue weighted by atomic mass is 10.1. The molecule has 1 aromatic rings. The van der Waals surface area contributed by atoms with Crippen molar-refractivity contribution in [1.82, 2.24) is 5.32 Å². The highest BCUT2D eigenvalue weighted by molar-refractivity contribution is 5.27. The van der Waals surface area contributed by atoms with Gasteiger partial charge >= 0.3 is 0 Å². The minimum absolute atomic E-state index is 0.250. The molecule has 0 radical (unpaired) electrons. The zero-order valence-corrected chi connectivity index (χ0v) is 9.92. The Morgan fingerprint density at radius 2 is 1.87 bits per heavy atom. The van der Waals surface area contributed by atoms with Crippen LogP contribution in [0, 0.1) is 0 Å². The van der Waals surface area contributed by atoms with Gasteiger partial charge in [0.2, 0.25) is 0 Å². The van der Waals surface area contributed by atoms with E-state index in [0.29, 0.717) is 0 Å². The van der Waals surface area contributed by atoms with Crippen LogP contribution < -0.4 is 10.1 Å². The molecular weight excluding hydrogens is 186 g/mol. The van der Waals surface area contributed by atoms with Crippen molar-refractivity contribution in [3.8, 4) is 5.75 Å². The van der Waals surface area contributed by atoms with E-state index in [1.54, 1.807) is 0 Å². The molecule has 0 aromatic heterocycles. The SMILES string of the molecule is CNCCCc1ccc(OC(C)C)cc1. The largest absolute Gasteiger partial charge is 0.491 e. The van der Waals surface area contributed by atoms with Gasteiger partial charge in [-0.15, -0.1) is 0 Å². The smallest absolute Gasteiger partial charge is 0.119 e. The number of hydrogen-bond acceptors (Lipinski definition) is 2. The summed E-state index contributed by atoms with van der Waals surface area (Å²) >= 11 is 0. The van der Waals surface area contributed by atoms with E-state index in [2.05, 4.69) is 29.6 Å². The highest BCUT2D eigenvalue weighted by atomic mass is 16.5. The second-order valence-electron chi connectivity index (χ2n) is 4.02. The van der Waals surface area contributed by atoms with Crippen LogP contribution in [0.15, 0.2) is 24.3 Å². The zero-order chi connectivity index (χ0) is 11.1. The van der Waals surface area contributed by atoms with Crippen LogP contribution in [0.1, 0.15) is 25.8 Å². The van der Waals surface area contributed by atoms with Gasteiger partial charge < -0.3 is 10.1 Å². The summed E-state index contributed by atoms with van der Waals surface area (Å²) in [6.07, 6.45) is 2.56. The van der Waals surface area contributed by atoms with Gasteiger partial charge in [0.15, 0.2) is 0 Å². The molecule has 0 aliphatic heterocycles. The van der Waals surface area contributed by atoms with Crippen LogP contribution in [0.5, 0.6) is 5.75 Å². The van der Waals surface area contributed by atoms with Crippen molar-refractivity contribution in [2.24, 2.45) is 0 Å². The lowest BCUT2D eigenvalue weighted by Gasteiger charge is -2.10. The van der Waals surface area contributed by atoms with Gasteiger partial charge in [0.25, 0.3) is 0 Å². The molecule has 0 atom stereocenters. The van der Waals surface area contributed by atoms with E-state index in [-0.39, 0.29) is 6.10 Å². The van der Waals surface area contributed by atoms with Gasteiger partial charge in [-0.25, -0.2) is 0 Å². The molecule has 1 aromatic carbocycles. The Balaban J connectivity index is 2.42. The van der Waals surface area contributed by atoms with Gasteiger partial charge in [-0.05, 0) is 58.0 Å². The summed E-state index contributed by atoms with van der Waals surface area (Å²) in [5.41, 5.74) is 1.38. The second kappa shape index (κ2) is 6.46. The molecule has 0 saturated heterocycles. The Morgan fingerprint density at radius 1 is 1.20 bits per heavy atom. The van der Waals surface area contributed by atoms with Crippen molar-refractivity contribution in [3.63, 3.8) is 0 Å². The van der Waals surface area contributed by atoms with Gasteiger partial charge in [0.05, 0.1) is 6.10 Å². The maximum Gasteiger partial charge on any atom is 0.119 e. The third-order valence-electron chi connectivity index (χ3n) is 2.19. The lowest BCUT2D eigenvalue weighted by Crippen LogP contribution is -2.08. The fourth-order valence-corrected chi connectivity index (χ4v) is 1.48. The summed E-state index contributed by atoms with van der Waals surface area (Å²) in [6.45, 7) is 5.16. The van der Waals surface area contributed by atoms with Crippen LogP contribution in [-0.2, 0) is 6.42 Å². The summed E-state index contributed by atoms with van der Waals surface area (Å²) in [7, 11) is 1.99. The van der Waals surface area contributed by atoms with Crippen LogP contribution in [-0.4, -0.2) is 19.7 Å². The summed E-state index contributed by atoms with van der Waals surface area (Å²) in [6, 6.07) is 8.39. The highest BCUT2D eigenvalue weighted by Gasteiger charge is 1.97. The summed E-state index contributed by atoms with van der Waals surface area (Å²) in [5, 5.41) is 3.15. The minimum atomic E-state index is 0.250. The average molecular weight is 207 g/mol. The molecule has 84 valence electrons. The Morgan fingerprint density at radius 3 is 2.40 bits per heavy atom. The Hall–Kier alpha value is -1.02. The monoisotopic (exact) mass is 207 g/mol. The first-order valence-corrected chi connectivity index (χ1v) is 5.62. The number of ether oxygens (including phenoxy) is 1. The average Bonchev–Trinajstić information content (AvgIpc) is 2.20. The number of nitrogens with one attached hydrogen (secondary N) is 1. The maximum absolute atomic E-state index is 5.58. The molecule has 0 fully saturated rings. The molecule has 0 saturated carbocycles. The summed E-state index contributed by atoms with van der Waals surface area (Å²) in [4.78, 5) is 0. The van der Waals surface area contributed by atoms with Crippen LogP contribution in [0.3, 0.4) is 0 Å². The number of aryl methyl sites for hydroxylation is 1. The van der Waals surface area contributed by atoms with Gasteiger partial charge in [0, 0.05) is 0 Å². The first-order valence-electron chi connectivity index (χ1n) is 5.62. The molecule has 0 unspecified atom stereocenters. The Bertz CT molecular complexity index is 266. The minimum Gasteiger partial charge on any atom is -0.491 e. The fourth-order valence-electron chi connectivity index (χ4n) is 1.48. The molecule has 2 nitrogen and oxygen atoms in total. The highest BCUT2D eigenvalue weighted by Crippen LogP contribution is 2.14. The predicted molar refractivity (Wildman–Crippen MR) is 64.5 cm³/mol. The van der Waals surface area contributed by atoms with E-state index < -0.39 is 0 Å². The molecule has 0 heterocycles. The van der Waals surface area contributed by atoms with Gasteiger partial charge in [-0.3, -0.25) is 0 Å². The normalized spacial score (nSPS) is 10.7. The first-order chi connectivity index (χ1) is 7.22. The molecule has 1 N–H and O–H groups in total. The standard InChI is InChI=1S/C13H21NO/c1-11(2)15-13-8-6-12(7-9-13)5-4-10-14-3/h6-9,11,14H,4-5,10H2,1-3H3. The molecule has 15 heavy (non-hydrogen) atoms. The number of hydrogen-bond donors (Lipinski definition) is 1. The Kier molecular flexibility index (Phi) is 5.19. The third kappa shape index (κ3) is 4.84. The molecule has 0 amide bonds. The quantitative estimate of drug-likeness (QED) is 0.724. The molecule has 2 heteroatoms. The van der Waals surface area contributed by atoms with Crippen molar-refractivity contribution < 1.29 is 4.74 Å². The maximum atomic E-state index is 5.58. The number of rotatable bonds is 6. The molecule has 0 spiro atoms. The van der Waals surface area contributed by atoms with Crippen LogP contribution in [0.25, 0.3) is 0 Å². The van der Waals surface area contributed by atoms with Crippen LogP contribution >= 0.6 is 0 Å². The zero-order valence-electron chi connectivity index (χ0n) is 9.92. The van der Waals surface area contributed by atoms with E-state index in [1.165, 1.54) is 12.0 Å². The molecular formula is C13H21NO. The van der Waals surface area contributed by atoms with E-state index in [9.17, 15) is 0 Å². The van der Waals surface area contributed by atoms with Gasteiger partial charge in [0.1, 0.15) is 5.75 Å². The topological polar surface area (TPSA) is 21.3 Å².